The summed E-state index contributed by atoms with van der Waals surface area (Å²) in [6.07, 6.45) is 3.61. The van der Waals surface area contributed by atoms with Gasteiger partial charge >= 0.3 is 0 Å². The lowest BCUT2D eigenvalue weighted by Crippen LogP contribution is -2.45. The van der Waals surface area contributed by atoms with E-state index < -0.39 is 0 Å². The molecule has 1 fully saturated rings. The Morgan fingerprint density at radius 3 is 2.34 bits per heavy atom. The molecule has 1 aliphatic rings. The second kappa shape index (κ2) is 8.57. The summed E-state index contributed by atoms with van der Waals surface area (Å²) in [5, 5.41) is 8.19. The molecule has 1 saturated carbocycles. The third-order valence-electron chi connectivity index (χ3n) is 5.47. The number of hydrogen-bond donors (Lipinski definition) is 2. The summed E-state index contributed by atoms with van der Waals surface area (Å²) in [5.74, 6) is -0.246. The van der Waals surface area contributed by atoms with E-state index in [9.17, 15) is 9.59 Å². The van der Waals surface area contributed by atoms with Crippen LogP contribution in [0.2, 0.25) is 0 Å². The zero-order chi connectivity index (χ0) is 20.1. The highest BCUT2D eigenvalue weighted by atomic mass is 32.1. The molecule has 0 aliphatic heterocycles. The molecule has 1 aromatic heterocycles. The average molecular weight is 406 g/mol. The molecule has 1 heterocycles. The maximum atomic E-state index is 12.4. The highest BCUT2D eigenvalue weighted by Gasteiger charge is 2.38. The zero-order valence-electron chi connectivity index (χ0n) is 16.1. The third kappa shape index (κ3) is 4.54. The molecular formula is C23H23N3O2S. The van der Waals surface area contributed by atoms with Crippen molar-refractivity contribution in [1.82, 2.24) is 10.3 Å². The van der Waals surface area contributed by atoms with Crippen LogP contribution < -0.4 is 10.6 Å². The van der Waals surface area contributed by atoms with E-state index in [0.717, 1.165) is 12.8 Å². The van der Waals surface area contributed by atoms with Crippen LogP contribution in [0.25, 0.3) is 0 Å². The van der Waals surface area contributed by atoms with Crippen LogP contribution in [0.3, 0.4) is 0 Å². The Hall–Kier alpha value is -2.99. The van der Waals surface area contributed by atoms with Crippen molar-refractivity contribution in [2.75, 3.05) is 11.9 Å². The normalized spacial score (nSPS) is 14.6. The van der Waals surface area contributed by atoms with E-state index in [1.165, 1.54) is 23.3 Å². The van der Waals surface area contributed by atoms with Crippen LogP contribution in [0, 0.1) is 0 Å². The molecule has 0 radical (unpaired) electrons. The van der Waals surface area contributed by atoms with Crippen LogP contribution in [-0.4, -0.2) is 23.3 Å². The van der Waals surface area contributed by atoms with Gasteiger partial charge in [-0.3, -0.25) is 14.9 Å². The predicted molar refractivity (Wildman–Crippen MR) is 115 cm³/mol. The smallest absolute Gasteiger partial charge is 0.257 e. The SMILES string of the molecule is O=C(Cc1csc(NC(=O)c2ccccc2)n1)NCC1(c2ccccc2)CCC1. The van der Waals surface area contributed by atoms with Crippen molar-refractivity contribution in [2.45, 2.75) is 31.1 Å². The topological polar surface area (TPSA) is 71.1 Å². The van der Waals surface area contributed by atoms with Crippen LogP contribution in [0.15, 0.2) is 66.0 Å². The average Bonchev–Trinajstić information content (AvgIpc) is 3.15. The van der Waals surface area contributed by atoms with Gasteiger partial charge in [-0.05, 0) is 30.5 Å². The van der Waals surface area contributed by atoms with Crippen LogP contribution in [0.5, 0.6) is 0 Å². The first-order valence-electron chi connectivity index (χ1n) is 9.78. The maximum absolute atomic E-state index is 12.4. The molecule has 0 atom stereocenters. The summed E-state index contributed by atoms with van der Waals surface area (Å²) in [6, 6.07) is 19.4. The molecule has 0 spiro atoms. The van der Waals surface area contributed by atoms with Gasteiger partial charge in [0.15, 0.2) is 5.13 Å². The van der Waals surface area contributed by atoms with Crippen LogP contribution in [-0.2, 0) is 16.6 Å². The summed E-state index contributed by atoms with van der Waals surface area (Å²) in [7, 11) is 0. The molecule has 5 nitrogen and oxygen atoms in total. The van der Waals surface area contributed by atoms with E-state index in [1.807, 2.05) is 29.6 Å². The van der Waals surface area contributed by atoms with E-state index in [0.29, 0.717) is 22.9 Å². The number of carbonyl (C=O) groups excluding carboxylic acids is 2. The fourth-order valence-electron chi connectivity index (χ4n) is 3.66. The fraction of sp³-hybridized carbons (Fsp3) is 0.261. The van der Waals surface area contributed by atoms with Gasteiger partial charge in [0.25, 0.3) is 5.91 Å². The number of aromatic nitrogens is 1. The van der Waals surface area contributed by atoms with Gasteiger partial charge in [-0.2, -0.15) is 0 Å². The molecule has 148 valence electrons. The van der Waals surface area contributed by atoms with Gasteiger partial charge in [0, 0.05) is 22.9 Å². The summed E-state index contributed by atoms with van der Waals surface area (Å²) >= 11 is 1.33. The van der Waals surface area contributed by atoms with Crippen molar-refractivity contribution in [3.8, 4) is 0 Å². The van der Waals surface area contributed by atoms with Gasteiger partial charge in [-0.15, -0.1) is 11.3 Å². The molecule has 3 aromatic rings. The second-order valence-electron chi connectivity index (χ2n) is 7.42. The van der Waals surface area contributed by atoms with Gasteiger partial charge < -0.3 is 5.32 Å². The lowest BCUT2D eigenvalue weighted by atomic mass is 9.64. The number of nitrogens with one attached hydrogen (secondary N) is 2. The van der Waals surface area contributed by atoms with Gasteiger partial charge in [0.2, 0.25) is 5.91 Å². The Bertz CT molecular complexity index is 982. The van der Waals surface area contributed by atoms with Crippen LogP contribution in [0.4, 0.5) is 5.13 Å². The largest absolute Gasteiger partial charge is 0.355 e. The number of anilines is 1. The third-order valence-corrected chi connectivity index (χ3v) is 6.28. The Balaban J connectivity index is 1.31. The van der Waals surface area contributed by atoms with Crippen molar-refractivity contribution >= 4 is 28.3 Å². The van der Waals surface area contributed by atoms with Crippen molar-refractivity contribution in [2.24, 2.45) is 0 Å². The van der Waals surface area contributed by atoms with Crippen molar-refractivity contribution in [1.29, 1.82) is 0 Å². The number of benzene rings is 2. The highest BCUT2D eigenvalue weighted by molar-refractivity contribution is 7.14. The Morgan fingerprint density at radius 1 is 1.00 bits per heavy atom. The molecule has 2 N–H and O–H groups in total. The first-order valence-corrected chi connectivity index (χ1v) is 10.7. The molecule has 2 aromatic carbocycles. The van der Waals surface area contributed by atoms with Crippen LogP contribution >= 0.6 is 11.3 Å². The van der Waals surface area contributed by atoms with Crippen LogP contribution in [0.1, 0.15) is 40.9 Å². The predicted octanol–water partition coefficient (Wildman–Crippen LogP) is 4.18. The molecule has 2 amide bonds. The van der Waals surface area contributed by atoms with Gasteiger partial charge in [0.1, 0.15) is 0 Å². The number of nitrogens with zero attached hydrogens (tertiary/aromatic N) is 1. The lowest BCUT2D eigenvalue weighted by Gasteiger charge is -2.42. The van der Waals surface area contributed by atoms with Crippen molar-refractivity contribution < 1.29 is 9.59 Å². The maximum Gasteiger partial charge on any atom is 0.257 e. The number of hydrogen-bond acceptors (Lipinski definition) is 4. The minimum Gasteiger partial charge on any atom is -0.355 e. The molecule has 4 rings (SSSR count). The molecule has 0 unspecified atom stereocenters. The fourth-order valence-corrected chi connectivity index (χ4v) is 4.37. The summed E-state index contributed by atoms with van der Waals surface area (Å²) < 4.78 is 0. The van der Waals surface area contributed by atoms with E-state index in [2.05, 4.69) is 39.9 Å². The second-order valence-corrected chi connectivity index (χ2v) is 8.28. The first kappa shape index (κ1) is 19.3. The van der Waals surface area contributed by atoms with E-state index in [-0.39, 0.29) is 23.7 Å². The molecule has 0 bridgehead atoms. The van der Waals surface area contributed by atoms with Crippen molar-refractivity contribution in [3.05, 3.63) is 82.9 Å². The number of carbonyl (C=O) groups is 2. The molecule has 29 heavy (non-hydrogen) atoms. The Labute approximate surface area is 174 Å². The monoisotopic (exact) mass is 405 g/mol. The molecular weight excluding hydrogens is 382 g/mol. The molecule has 6 heteroatoms. The van der Waals surface area contributed by atoms with E-state index >= 15 is 0 Å². The minimum atomic E-state index is -0.203. The Kier molecular flexibility index (Phi) is 5.71. The molecule has 0 saturated heterocycles. The Morgan fingerprint density at radius 2 is 1.69 bits per heavy atom. The standard InChI is InChI=1S/C23H23N3O2S/c27-20(24-16-23(12-7-13-23)18-10-5-2-6-11-18)14-19-15-29-22(25-19)26-21(28)17-8-3-1-4-9-17/h1-6,8-11,15H,7,12-14,16H2,(H,24,27)(H,25,26,28). The quantitative estimate of drug-likeness (QED) is 0.620. The highest BCUT2D eigenvalue weighted by Crippen LogP contribution is 2.43. The minimum absolute atomic E-state index is 0.0431. The molecule has 1 aliphatic carbocycles. The summed E-state index contributed by atoms with van der Waals surface area (Å²) in [6.45, 7) is 0.650. The number of rotatable bonds is 7. The number of thiazole rings is 1. The van der Waals surface area contributed by atoms with Gasteiger partial charge in [-0.1, -0.05) is 55.0 Å². The summed E-state index contributed by atoms with van der Waals surface area (Å²) in [5.41, 5.74) is 2.60. The van der Waals surface area contributed by atoms with Gasteiger partial charge in [-0.25, -0.2) is 4.98 Å². The number of amides is 2. The van der Waals surface area contributed by atoms with Crippen molar-refractivity contribution in [3.63, 3.8) is 0 Å². The van der Waals surface area contributed by atoms with E-state index in [4.69, 9.17) is 0 Å². The first-order chi connectivity index (χ1) is 14.1. The zero-order valence-corrected chi connectivity index (χ0v) is 16.9. The summed E-state index contributed by atoms with van der Waals surface area (Å²) in [4.78, 5) is 29.0. The van der Waals surface area contributed by atoms with Gasteiger partial charge in [0.05, 0.1) is 12.1 Å². The lowest BCUT2D eigenvalue weighted by molar-refractivity contribution is -0.120. The van der Waals surface area contributed by atoms with E-state index in [1.54, 1.807) is 12.1 Å².